The molecule has 3 aromatic rings. The summed E-state index contributed by atoms with van der Waals surface area (Å²) >= 11 is 0. The average Bonchev–Trinajstić information content (AvgIpc) is 3.12. The zero-order valence-corrected chi connectivity index (χ0v) is 15.2. The number of aromatic nitrogens is 2. The number of esters is 1. The first kappa shape index (κ1) is 17.7. The third kappa shape index (κ3) is 3.94. The Morgan fingerprint density at radius 1 is 1.08 bits per heavy atom. The van der Waals surface area contributed by atoms with E-state index in [1.807, 2.05) is 68.4 Å². The second-order valence-corrected chi connectivity index (χ2v) is 6.39. The van der Waals surface area contributed by atoms with Gasteiger partial charge in [0, 0.05) is 11.8 Å². The minimum absolute atomic E-state index is 0.271. The number of rotatable bonds is 6. The normalized spacial score (nSPS) is 10.8. The van der Waals surface area contributed by atoms with Crippen molar-refractivity contribution in [2.75, 3.05) is 13.7 Å². The van der Waals surface area contributed by atoms with E-state index in [4.69, 9.17) is 9.47 Å². The van der Waals surface area contributed by atoms with E-state index in [0.29, 0.717) is 17.9 Å². The Hall–Kier alpha value is -3.08. The van der Waals surface area contributed by atoms with Crippen LogP contribution in [0.4, 0.5) is 0 Å². The molecular weight excluding hydrogens is 328 g/mol. The van der Waals surface area contributed by atoms with Gasteiger partial charge in [0.25, 0.3) is 0 Å². The number of benzene rings is 2. The van der Waals surface area contributed by atoms with Crippen LogP contribution in [0.15, 0.2) is 60.8 Å². The molecule has 1 aromatic heterocycles. The summed E-state index contributed by atoms with van der Waals surface area (Å²) in [6, 6.07) is 17.1. The highest BCUT2D eigenvalue weighted by Crippen LogP contribution is 2.26. The Balaban J connectivity index is 2.02. The molecule has 26 heavy (non-hydrogen) atoms. The van der Waals surface area contributed by atoms with Crippen LogP contribution in [-0.2, 0) is 4.74 Å². The molecule has 3 rings (SSSR count). The molecular formula is C21H22N2O3. The van der Waals surface area contributed by atoms with Crippen molar-refractivity contribution in [3.63, 3.8) is 0 Å². The maximum Gasteiger partial charge on any atom is 0.342 e. The van der Waals surface area contributed by atoms with Crippen LogP contribution >= 0.6 is 0 Å². The quantitative estimate of drug-likeness (QED) is 0.620. The summed E-state index contributed by atoms with van der Waals surface area (Å²) in [6.45, 7) is 4.38. The second-order valence-electron chi connectivity index (χ2n) is 6.39. The van der Waals surface area contributed by atoms with Crippen LogP contribution in [0.2, 0.25) is 0 Å². The molecule has 0 radical (unpaired) electrons. The van der Waals surface area contributed by atoms with Crippen LogP contribution in [0, 0.1) is 5.92 Å². The molecule has 0 unspecified atom stereocenters. The third-order valence-corrected chi connectivity index (χ3v) is 3.87. The molecule has 0 saturated carbocycles. The van der Waals surface area contributed by atoms with Crippen LogP contribution in [-0.4, -0.2) is 29.5 Å². The lowest BCUT2D eigenvalue weighted by atomic mass is 10.1. The van der Waals surface area contributed by atoms with Crippen molar-refractivity contribution in [1.82, 2.24) is 9.78 Å². The topological polar surface area (TPSA) is 53.4 Å². The van der Waals surface area contributed by atoms with E-state index < -0.39 is 0 Å². The number of carbonyl (C=O) groups excluding carboxylic acids is 1. The number of para-hydroxylation sites is 1. The summed E-state index contributed by atoms with van der Waals surface area (Å²) in [5.41, 5.74) is 2.74. The lowest BCUT2D eigenvalue weighted by Gasteiger charge is -2.07. The van der Waals surface area contributed by atoms with E-state index >= 15 is 0 Å². The fourth-order valence-electron chi connectivity index (χ4n) is 2.52. The third-order valence-electron chi connectivity index (χ3n) is 3.87. The number of ether oxygens (including phenoxy) is 2. The molecule has 0 saturated heterocycles. The molecule has 1 heterocycles. The number of hydrogen-bond donors (Lipinski definition) is 0. The van der Waals surface area contributed by atoms with Gasteiger partial charge >= 0.3 is 5.97 Å². The Morgan fingerprint density at radius 2 is 1.77 bits per heavy atom. The van der Waals surface area contributed by atoms with Gasteiger partial charge in [-0.3, -0.25) is 0 Å². The summed E-state index contributed by atoms with van der Waals surface area (Å²) in [6.07, 6.45) is 1.72. The predicted octanol–water partition coefficient (Wildman–Crippen LogP) is 4.36. The van der Waals surface area contributed by atoms with Gasteiger partial charge in [-0.05, 0) is 42.3 Å². The maximum atomic E-state index is 12.6. The molecule has 0 aliphatic carbocycles. The molecule has 0 amide bonds. The first-order valence-electron chi connectivity index (χ1n) is 8.55. The number of methoxy groups -OCH3 is 1. The van der Waals surface area contributed by atoms with Gasteiger partial charge < -0.3 is 9.47 Å². The van der Waals surface area contributed by atoms with Crippen LogP contribution < -0.4 is 4.74 Å². The van der Waals surface area contributed by atoms with Gasteiger partial charge in [0.2, 0.25) is 0 Å². The van der Waals surface area contributed by atoms with Gasteiger partial charge in [0.1, 0.15) is 17.0 Å². The van der Waals surface area contributed by atoms with Crippen molar-refractivity contribution in [1.29, 1.82) is 0 Å². The first-order chi connectivity index (χ1) is 12.6. The largest absolute Gasteiger partial charge is 0.497 e. The zero-order valence-electron chi connectivity index (χ0n) is 15.2. The number of nitrogens with zero attached hydrogens (tertiary/aromatic N) is 2. The Morgan fingerprint density at radius 3 is 2.38 bits per heavy atom. The molecule has 5 heteroatoms. The van der Waals surface area contributed by atoms with Crippen molar-refractivity contribution >= 4 is 5.97 Å². The minimum atomic E-state index is -0.369. The summed E-state index contributed by atoms with van der Waals surface area (Å²) in [5.74, 6) is 0.652. The fourth-order valence-corrected chi connectivity index (χ4v) is 2.52. The lowest BCUT2D eigenvalue weighted by Crippen LogP contribution is -2.10. The van der Waals surface area contributed by atoms with Gasteiger partial charge in [-0.2, -0.15) is 5.10 Å². The van der Waals surface area contributed by atoms with Gasteiger partial charge in [0.05, 0.1) is 19.4 Å². The van der Waals surface area contributed by atoms with Crippen LogP contribution in [0.5, 0.6) is 5.75 Å². The highest BCUT2D eigenvalue weighted by Gasteiger charge is 2.20. The van der Waals surface area contributed by atoms with Gasteiger partial charge in [-0.15, -0.1) is 0 Å². The van der Waals surface area contributed by atoms with E-state index in [2.05, 4.69) is 5.10 Å². The molecule has 2 aromatic carbocycles. The molecule has 0 atom stereocenters. The summed E-state index contributed by atoms with van der Waals surface area (Å²) in [7, 11) is 1.62. The van der Waals surface area contributed by atoms with E-state index in [9.17, 15) is 4.79 Å². The van der Waals surface area contributed by atoms with Crippen molar-refractivity contribution in [2.24, 2.45) is 5.92 Å². The number of carbonyl (C=O) groups is 1. The highest BCUT2D eigenvalue weighted by molar-refractivity contribution is 5.96. The van der Waals surface area contributed by atoms with Crippen molar-refractivity contribution in [3.8, 4) is 22.7 Å². The molecule has 0 aliphatic rings. The zero-order chi connectivity index (χ0) is 18.5. The molecule has 0 N–H and O–H groups in total. The maximum absolute atomic E-state index is 12.6. The van der Waals surface area contributed by atoms with Gasteiger partial charge in [-0.25, -0.2) is 9.48 Å². The fraction of sp³-hybridized carbons (Fsp3) is 0.238. The Bertz CT molecular complexity index is 868. The van der Waals surface area contributed by atoms with Gasteiger partial charge in [-0.1, -0.05) is 32.0 Å². The molecule has 0 aliphatic heterocycles. The molecule has 0 fully saturated rings. The first-order valence-corrected chi connectivity index (χ1v) is 8.55. The predicted molar refractivity (Wildman–Crippen MR) is 101 cm³/mol. The highest BCUT2D eigenvalue weighted by atomic mass is 16.5. The summed E-state index contributed by atoms with van der Waals surface area (Å²) in [5, 5.41) is 4.63. The molecule has 0 bridgehead atoms. The average molecular weight is 350 g/mol. The van der Waals surface area contributed by atoms with E-state index in [1.165, 1.54) is 0 Å². The van der Waals surface area contributed by atoms with Crippen LogP contribution in [0.25, 0.3) is 16.9 Å². The van der Waals surface area contributed by atoms with Gasteiger partial charge in [0.15, 0.2) is 0 Å². The summed E-state index contributed by atoms with van der Waals surface area (Å²) < 4.78 is 12.3. The molecule has 5 nitrogen and oxygen atoms in total. The van der Waals surface area contributed by atoms with Crippen molar-refractivity contribution < 1.29 is 14.3 Å². The van der Waals surface area contributed by atoms with Crippen molar-refractivity contribution in [3.05, 3.63) is 66.4 Å². The van der Waals surface area contributed by atoms with Crippen molar-refractivity contribution in [2.45, 2.75) is 13.8 Å². The molecule has 134 valence electrons. The molecule has 0 spiro atoms. The smallest absolute Gasteiger partial charge is 0.342 e. The monoisotopic (exact) mass is 350 g/mol. The Labute approximate surface area is 153 Å². The second kappa shape index (κ2) is 7.87. The Kier molecular flexibility index (Phi) is 5.37. The van der Waals surface area contributed by atoms with E-state index in [-0.39, 0.29) is 11.9 Å². The van der Waals surface area contributed by atoms with Crippen LogP contribution in [0.3, 0.4) is 0 Å². The summed E-state index contributed by atoms with van der Waals surface area (Å²) in [4.78, 5) is 12.6. The standard InChI is InChI=1S/C21H22N2O3/c1-15(2)14-26-21(24)19-13-23(17-7-5-4-6-8-17)22-20(19)16-9-11-18(25-3)12-10-16/h4-13,15H,14H2,1-3H3. The lowest BCUT2D eigenvalue weighted by molar-refractivity contribution is 0.0460. The van der Waals surface area contributed by atoms with Crippen LogP contribution in [0.1, 0.15) is 24.2 Å². The number of hydrogen-bond acceptors (Lipinski definition) is 4. The van der Waals surface area contributed by atoms with E-state index in [0.717, 1.165) is 17.0 Å². The van der Waals surface area contributed by atoms with E-state index in [1.54, 1.807) is 18.0 Å². The SMILES string of the molecule is COc1ccc(-c2nn(-c3ccccc3)cc2C(=O)OCC(C)C)cc1. The minimum Gasteiger partial charge on any atom is -0.497 e.